The van der Waals surface area contributed by atoms with Crippen molar-refractivity contribution in [3.05, 3.63) is 28.7 Å². The summed E-state index contributed by atoms with van der Waals surface area (Å²) in [6.45, 7) is 6.35. The predicted octanol–water partition coefficient (Wildman–Crippen LogP) is 1.09. The molecular weight excluding hydrogens is 240 g/mol. The molecule has 1 aromatic rings. The van der Waals surface area contributed by atoms with Crippen LogP contribution >= 0.6 is 0 Å². The molecule has 0 spiro atoms. The molecular formula is C11H18N2O3S. The monoisotopic (exact) mass is 258 g/mol. The normalized spacial score (nSPS) is 12.6. The molecule has 6 heteroatoms. The molecule has 17 heavy (non-hydrogen) atoms. The Morgan fingerprint density at radius 3 is 2.47 bits per heavy atom. The summed E-state index contributed by atoms with van der Waals surface area (Å²) in [7, 11) is -3.54. The van der Waals surface area contributed by atoms with Crippen LogP contribution in [0.15, 0.2) is 28.0 Å². The number of sulfonamides is 1. The highest BCUT2D eigenvalue weighted by atomic mass is 32.2. The first-order chi connectivity index (χ1) is 7.77. The number of hydrogen-bond donors (Lipinski definition) is 2. The van der Waals surface area contributed by atoms with E-state index >= 15 is 0 Å². The van der Waals surface area contributed by atoms with E-state index in [4.69, 9.17) is 0 Å². The highest BCUT2D eigenvalue weighted by molar-refractivity contribution is 7.89. The van der Waals surface area contributed by atoms with Gasteiger partial charge in [-0.1, -0.05) is 20.8 Å². The highest BCUT2D eigenvalue weighted by Crippen LogP contribution is 2.18. The molecule has 0 fully saturated rings. The lowest BCUT2D eigenvalue weighted by Gasteiger charge is -2.22. The number of rotatable bonds is 5. The Hall–Kier alpha value is -1.14. The molecule has 0 radical (unpaired) electrons. The molecule has 0 unspecified atom stereocenters. The molecule has 0 aliphatic heterocycles. The van der Waals surface area contributed by atoms with Crippen LogP contribution in [0.1, 0.15) is 27.2 Å². The maximum Gasteiger partial charge on any atom is 0.247 e. The van der Waals surface area contributed by atoms with Crippen LogP contribution in [-0.2, 0) is 10.0 Å². The van der Waals surface area contributed by atoms with Crippen LogP contribution in [0, 0.1) is 5.41 Å². The molecule has 0 aromatic carbocycles. The van der Waals surface area contributed by atoms with E-state index in [9.17, 15) is 13.2 Å². The van der Waals surface area contributed by atoms with E-state index in [1.165, 1.54) is 18.3 Å². The second-order valence-electron chi connectivity index (χ2n) is 4.73. The lowest BCUT2D eigenvalue weighted by atomic mass is 9.91. The molecule has 0 saturated heterocycles. The van der Waals surface area contributed by atoms with Crippen molar-refractivity contribution in [3.63, 3.8) is 0 Å². The Morgan fingerprint density at radius 2 is 2.00 bits per heavy atom. The Bertz CT molecular complexity index is 511. The van der Waals surface area contributed by atoms with Crippen LogP contribution in [0.5, 0.6) is 0 Å². The maximum atomic E-state index is 11.9. The van der Waals surface area contributed by atoms with Gasteiger partial charge in [0.15, 0.2) is 0 Å². The summed E-state index contributed by atoms with van der Waals surface area (Å²) in [6.07, 6.45) is 2.07. The van der Waals surface area contributed by atoms with E-state index < -0.39 is 10.0 Å². The highest BCUT2D eigenvalue weighted by Gasteiger charge is 2.20. The minimum absolute atomic E-state index is 0.0732. The topological polar surface area (TPSA) is 79.0 Å². The lowest BCUT2D eigenvalue weighted by molar-refractivity contribution is 0.350. The van der Waals surface area contributed by atoms with Crippen LogP contribution in [0.25, 0.3) is 0 Å². The number of nitrogens with one attached hydrogen (secondary N) is 2. The van der Waals surface area contributed by atoms with E-state index in [-0.39, 0.29) is 15.9 Å². The third kappa shape index (κ3) is 3.98. The lowest BCUT2D eigenvalue weighted by Crippen LogP contribution is -2.33. The number of aromatic amines is 1. The zero-order valence-corrected chi connectivity index (χ0v) is 11.1. The smallest absolute Gasteiger partial charge is 0.247 e. The third-order valence-corrected chi connectivity index (χ3v) is 4.16. The second-order valence-corrected chi connectivity index (χ2v) is 6.50. The van der Waals surface area contributed by atoms with E-state index in [1.807, 2.05) is 20.8 Å². The largest absolute Gasteiger partial charge is 0.328 e. The Kier molecular flexibility index (Phi) is 4.11. The van der Waals surface area contributed by atoms with Crippen molar-refractivity contribution < 1.29 is 8.42 Å². The molecule has 96 valence electrons. The van der Waals surface area contributed by atoms with Gasteiger partial charge in [-0.05, 0) is 17.9 Å². The molecule has 0 saturated carbocycles. The summed E-state index contributed by atoms with van der Waals surface area (Å²) in [5, 5.41) is 0. The van der Waals surface area contributed by atoms with Gasteiger partial charge in [0.05, 0.1) is 4.90 Å². The maximum absolute atomic E-state index is 11.9. The molecule has 1 aromatic heterocycles. The van der Waals surface area contributed by atoms with Crippen LogP contribution in [0.2, 0.25) is 0 Å². The summed E-state index contributed by atoms with van der Waals surface area (Å²) in [4.78, 5) is 13.3. The fourth-order valence-electron chi connectivity index (χ4n) is 1.06. The van der Waals surface area contributed by atoms with Gasteiger partial charge >= 0.3 is 0 Å². The molecule has 0 aliphatic rings. The van der Waals surface area contributed by atoms with Crippen molar-refractivity contribution in [2.45, 2.75) is 32.1 Å². The summed E-state index contributed by atoms with van der Waals surface area (Å²) in [5.74, 6) is 0. The number of pyridine rings is 1. The van der Waals surface area contributed by atoms with Gasteiger partial charge in [0.2, 0.25) is 15.6 Å². The van der Waals surface area contributed by atoms with E-state index in [1.54, 1.807) is 0 Å². The molecule has 0 atom stereocenters. The molecule has 0 aliphatic carbocycles. The molecule has 1 rings (SSSR count). The third-order valence-electron chi connectivity index (χ3n) is 2.76. The average molecular weight is 258 g/mol. The minimum atomic E-state index is -3.54. The summed E-state index contributed by atoms with van der Waals surface area (Å²) in [6, 6.07) is 2.49. The summed E-state index contributed by atoms with van der Waals surface area (Å²) >= 11 is 0. The van der Waals surface area contributed by atoms with Crippen molar-refractivity contribution in [1.29, 1.82) is 0 Å². The summed E-state index contributed by atoms with van der Waals surface area (Å²) in [5.41, 5.74) is -0.409. The Balaban J connectivity index is 2.83. The van der Waals surface area contributed by atoms with Gasteiger partial charge in [0, 0.05) is 18.8 Å². The quantitative estimate of drug-likeness (QED) is 0.829. The van der Waals surface area contributed by atoms with Crippen LogP contribution < -0.4 is 10.3 Å². The van der Waals surface area contributed by atoms with Crippen molar-refractivity contribution in [1.82, 2.24) is 9.71 Å². The predicted molar refractivity (Wildman–Crippen MR) is 66.3 cm³/mol. The first kappa shape index (κ1) is 13.9. The fraction of sp³-hybridized carbons (Fsp3) is 0.545. The van der Waals surface area contributed by atoms with Crippen molar-refractivity contribution in [2.75, 3.05) is 6.54 Å². The molecule has 1 heterocycles. The van der Waals surface area contributed by atoms with Crippen molar-refractivity contribution in [2.24, 2.45) is 5.41 Å². The van der Waals surface area contributed by atoms with Gasteiger partial charge in [-0.15, -0.1) is 0 Å². The van der Waals surface area contributed by atoms with E-state index in [0.717, 1.165) is 6.42 Å². The molecule has 5 nitrogen and oxygen atoms in total. The number of aromatic nitrogens is 1. The molecule has 0 amide bonds. The van der Waals surface area contributed by atoms with Gasteiger partial charge in [-0.2, -0.15) is 0 Å². The van der Waals surface area contributed by atoms with Crippen molar-refractivity contribution in [3.8, 4) is 0 Å². The van der Waals surface area contributed by atoms with Crippen LogP contribution in [0.3, 0.4) is 0 Å². The molecule has 0 bridgehead atoms. The first-order valence-corrected chi connectivity index (χ1v) is 6.93. The second kappa shape index (κ2) is 5.01. The standard InChI is InChI=1S/C11H18N2O3S/c1-4-11(2,3)8-13-17(15,16)9-5-6-10(14)12-7-9/h5-7,13H,4,8H2,1-3H3,(H,12,14). The van der Waals surface area contributed by atoms with Gasteiger partial charge in [-0.3, -0.25) is 4.79 Å². The Labute approximate surface area is 101 Å². The van der Waals surface area contributed by atoms with Crippen LogP contribution in [0.4, 0.5) is 0 Å². The fourth-order valence-corrected chi connectivity index (χ4v) is 2.27. The number of H-pyrrole nitrogens is 1. The number of hydrogen-bond acceptors (Lipinski definition) is 3. The zero-order chi connectivity index (χ0) is 13.1. The van der Waals surface area contributed by atoms with Gasteiger partial charge in [-0.25, -0.2) is 13.1 Å². The van der Waals surface area contributed by atoms with E-state index in [0.29, 0.717) is 6.54 Å². The Morgan fingerprint density at radius 1 is 1.35 bits per heavy atom. The van der Waals surface area contributed by atoms with Gasteiger partial charge < -0.3 is 4.98 Å². The SMILES string of the molecule is CCC(C)(C)CNS(=O)(=O)c1ccc(=O)[nH]c1. The van der Waals surface area contributed by atoms with Gasteiger partial charge in [0.1, 0.15) is 0 Å². The minimum Gasteiger partial charge on any atom is -0.328 e. The summed E-state index contributed by atoms with van der Waals surface area (Å²) < 4.78 is 26.3. The van der Waals surface area contributed by atoms with Crippen molar-refractivity contribution >= 4 is 10.0 Å². The van der Waals surface area contributed by atoms with E-state index in [2.05, 4.69) is 9.71 Å². The first-order valence-electron chi connectivity index (χ1n) is 5.45. The average Bonchev–Trinajstić information content (AvgIpc) is 2.27. The van der Waals surface area contributed by atoms with Crippen LogP contribution in [-0.4, -0.2) is 19.9 Å². The molecule has 2 N–H and O–H groups in total. The van der Waals surface area contributed by atoms with Gasteiger partial charge in [0.25, 0.3) is 0 Å². The zero-order valence-electron chi connectivity index (χ0n) is 10.3.